The van der Waals surface area contributed by atoms with Crippen molar-refractivity contribution in [2.24, 2.45) is 0 Å². The second-order valence-electron chi connectivity index (χ2n) is 3.16. The van der Waals surface area contributed by atoms with Crippen LogP contribution in [0.25, 0.3) is 0 Å². The number of carboxylic acid groups (broad SMARTS) is 1. The normalized spacial score (nSPS) is 14.3. The second-order valence-corrected chi connectivity index (χ2v) is 3.16. The van der Waals surface area contributed by atoms with Gasteiger partial charge < -0.3 is 9.84 Å². The fourth-order valence-electron chi connectivity index (χ4n) is 0.779. The van der Waals surface area contributed by atoms with Crippen molar-refractivity contribution in [2.45, 2.75) is 19.1 Å². The molecule has 0 saturated heterocycles. The molecule has 0 aromatic heterocycles. The molecule has 0 heterocycles. The summed E-state index contributed by atoms with van der Waals surface area (Å²) in [6, 6.07) is -0.737. The highest BCUT2D eigenvalue weighted by atomic mass is 19.4. The molecule has 1 atom stereocenters. The van der Waals surface area contributed by atoms with Crippen molar-refractivity contribution in [2.75, 3.05) is 26.8 Å². The van der Waals surface area contributed by atoms with Crippen molar-refractivity contribution in [1.82, 2.24) is 4.90 Å². The summed E-state index contributed by atoms with van der Waals surface area (Å²) in [4.78, 5) is 11.9. The van der Waals surface area contributed by atoms with Gasteiger partial charge in [0.25, 0.3) is 0 Å². The first-order valence-electron chi connectivity index (χ1n) is 4.31. The highest BCUT2D eigenvalue weighted by molar-refractivity contribution is 5.72. The zero-order chi connectivity index (χ0) is 12.1. The summed E-state index contributed by atoms with van der Waals surface area (Å²) in [5, 5.41) is 8.58. The zero-order valence-corrected chi connectivity index (χ0v) is 8.54. The summed E-state index contributed by atoms with van der Waals surface area (Å²) < 4.78 is 39.2. The Morgan fingerprint density at radius 3 is 2.47 bits per heavy atom. The lowest BCUT2D eigenvalue weighted by Crippen LogP contribution is -2.38. The van der Waals surface area contributed by atoms with Gasteiger partial charge >= 0.3 is 12.1 Å². The van der Waals surface area contributed by atoms with E-state index in [2.05, 4.69) is 4.74 Å². The van der Waals surface area contributed by atoms with Crippen molar-refractivity contribution in [3.8, 4) is 0 Å². The number of rotatable bonds is 6. The fourth-order valence-corrected chi connectivity index (χ4v) is 0.779. The number of ether oxygens (including phenoxy) is 1. The van der Waals surface area contributed by atoms with Crippen molar-refractivity contribution in [1.29, 1.82) is 0 Å². The summed E-state index contributed by atoms with van der Waals surface area (Å²) in [7, 11) is 1.51. The number of carboxylic acids is 1. The van der Waals surface area contributed by atoms with Crippen LogP contribution in [0.15, 0.2) is 0 Å². The Hall–Kier alpha value is -0.820. The average Bonchev–Trinajstić information content (AvgIpc) is 2.09. The van der Waals surface area contributed by atoms with Crippen molar-refractivity contribution in [3.63, 3.8) is 0 Å². The maximum absolute atomic E-state index is 11.6. The van der Waals surface area contributed by atoms with Crippen LogP contribution < -0.4 is 0 Å². The number of hydrogen-bond donors (Lipinski definition) is 1. The third-order valence-corrected chi connectivity index (χ3v) is 1.87. The van der Waals surface area contributed by atoms with E-state index in [1.807, 2.05) is 0 Å². The van der Waals surface area contributed by atoms with Gasteiger partial charge in [0.15, 0.2) is 0 Å². The topological polar surface area (TPSA) is 49.8 Å². The SMILES string of the molecule is CC(C(=O)O)N(C)CCOCC(F)(F)F. The Bertz CT molecular complexity index is 208. The van der Waals surface area contributed by atoms with Crippen molar-refractivity contribution >= 4 is 5.97 Å². The Labute approximate surface area is 85.6 Å². The highest BCUT2D eigenvalue weighted by Crippen LogP contribution is 2.14. The van der Waals surface area contributed by atoms with Crippen LogP contribution in [0.3, 0.4) is 0 Å². The molecule has 0 aliphatic rings. The number of nitrogens with zero attached hydrogens (tertiary/aromatic N) is 1. The fraction of sp³-hybridized carbons (Fsp3) is 0.875. The molecule has 0 aliphatic heterocycles. The summed E-state index contributed by atoms with van der Waals surface area (Å²) in [6.07, 6.45) is -4.34. The molecule has 0 rings (SSSR count). The van der Waals surface area contributed by atoms with Crippen LogP contribution in [0.2, 0.25) is 0 Å². The van der Waals surface area contributed by atoms with Gasteiger partial charge in [-0.15, -0.1) is 0 Å². The van der Waals surface area contributed by atoms with Gasteiger partial charge in [0.05, 0.1) is 6.61 Å². The molecular formula is C8H14F3NO3. The van der Waals surface area contributed by atoms with Gasteiger partial charge in [0.1, 0.15) is 12.6 Å². The van der Waals surface area contributed by atoms with Gasteiger partial charge in [-0.05, 0) is 14.0 Å². The molecule has 0 saturated carbocycles. The predicted octanol–water partition coefficient (Wildman–Crippen LogP) is 0.970. The Kier molecular flexibility index (Phi) is 5.59. The van der Waals surface area contributed by atoms with Crippen LogP contribution in [-0.4, -0.2) is 55.0 Å². The first-order chi connectivity index (χ1) is 6.74. The molecule has 1 unspecified atom stereocenters. The van der Waals surface area contributed by atoms with Gasteiger partial charge in [-0.25, -0.2) is 0 Å². The lowest BCUT2D eigenvalue weighted by Gasteiger charge is -2.20. The minimum atomic E-state index is -4.34. The summed E-state index contributed by atoms with van der Waals surface area (Å²) in [5.74, 6) is -1.02. The van der Waals surface area contributed by atoms with E-state index in [9.17, 15) is 18.0 Å². The van der Waals surface area contributed by atoms with Crippen LogP contribution in [0.4, 0.5) is 13.2 Å². The van der Waals surface area contributed by atoms with E-state index in [1.165, 1.54) is 18.9 Å². The van der Waals surface area contributed by atoms with E-state index < -0.39 is 24.8 Å². The maximum Gasteiger partial charge on any atom is 0.411 e. The second kappa shape index (κ2) is 5.92. The molecule has 15 heavy (non-hydrogen) atoms. The Morgan fingerprint density at radius 1 is 1.53 bits per heavy atom. The summed E-state index contributed by atoms with van der Waals surface area (Å²) >= 11 is 0. The minimum Gasteiger partial charge on any atom is -0.480 e. The first kappa shape index (κ1) is 14.2. The number of carbonyl (C=O) groups is 1. The molecule has 0 radical (unpaired) electrons. The zero-order valence-electron chi connectivity index (χ0n) is 8.54. The van der Waals surface area contributed by atoms with Gasteiger partial charge in [-0.2, -0.15) is 13.2 Å². The van der Waals surface area contributed by atoms with Crippen LogP contribution in [-0.2, 0) is 9.53 Å². The Balaban J connectivity index is 3.64. The molecule has 1 N–H and O–H groups in total. The largest absolute Gasteiger partial charge is 0.480 e. The lowest BCUT2D eigenvalue weighted by atomic mass is 10.3. The monoisotopic (exact) mass is 229 g/mol. The van der Waals surface area contributed by atoms with E-state index >= 15 is 0 Å². The van der Waals surface area contributed by atoms with Gasteiger partial charge in [-0.3, -0.25) is 9.69 Å². The molecule has 90 valence electrons. The standard InChI is InChI=1S/C8H14F3NO3/c1-6(7(13)14)12(2)3-4-15-5-8(9,10)11/h6H,3-5H2,1-2H3,(H,13,14). The smallest absolute Gasteiger partial charge is 0.411 e. The average molecular weight is 229 g/mol. The van der Waals surface area contributed by atoms with Crippen LogP contribution >= 0.6 is 0 Å². The molecule has 0 amide bonds. The summed E-state index contributed by atoms with van der Waals surface area (Å²) in [6.45, 7) is 0.144. The lowest BCUT2D eigenvalue weighted by molar-refractivity contribution is -0.175. The summed E-state index contributed by atoms with van der Waals surface area (Å²) in [5.41, 5.74) is 0. The number of likely N-dealkylation sites (N-methyl/N-ethyl adjacent to an activating group) is 1. The quantitative estimate of drug-likeness (QED) is 0.689. The van der Waals surface area contributed by atoms with Gasteiger partial charge in [0, 0.05) is 6.54 Å². The number of hydrogen-bond acceptors (Lipinski definition) is 3. The van der Waals surface area contributed by atoms with E-state index in [1.54, 1.807) is 0 Å². The molecule has 0 fully saturated rings. The molecule has 7 heteroatoms. The third-order valence-electron chi connectivity index (χ3n) is 1.87. The first-order valence-corrected chi connectivity index (χ1v) is 4.31. The predicted molar refractivity (Wildman–Crippen MR) is 46.6 cm³/mol. The maximum atomic E-state index is 11.6. The molecule has 0 spiro atoms. The molecule has 0 bridgehead atoms. The minimum absolute atomic E-state index is 0.142. The van der Waals surface area contributed by atoms with Gasteiger partial charge in [-0.1, -0.05) is 0 Å². The van der Waals surface area contributed by atoms with E-state index in [0.29, 0.717) is 0 Å². The van der Waals surface area contributed by atoms with Gasteiger partial charge in [0.2, 0.25) is 0 Å². The molecule has 0 aromatic rings. The van der Waals surface area contributed by atoms with Crippen molar-refractivity contribution in [3.05, 3.63) is 0 Å². The van der Waals surface area contributed by atoms with Crippen LogP contribution in [0.1, 0.15) is 6.92 Å². The van der Waals surface area contributed by atoms with E-state index in [0.717, 1.165) is 0 Å². The van der Waals surface area contributed by atoms with Crippen LogP contribution in [0.5, 0.6) is 0 Å². The number of halogens is 3. The van der Waals surface area contributed by atoms with E-state index in [-0.39, 0.29) is 13.2 Å². The molecule has 0 aliphatic carbocycles. The van der Waals surface area contributed by atoms with E-state index in [4.69, 9.17) is 5.11 Å². The van der Waals surface area contributed by atoms with Crippen LogP contribution in [0, 0.1) is 0 Å². The number of aliphatic carboxylic acids is 1. The third kappa shape index (κ3) is 7.15. The molecular weight excluding hydrogens is 215 g/mol. The Morgan fingerprint density at radius 2 is 2.07 bits per heavy atom. The van der Waals surface area contributed by atoms with Crippen molar-refractivity contribution < 1.29 is 27.8 Å². The molecule has 4 nitrogen and oxygen atoms in total. The number of alkyl halides is 3. The highest BCUT2D eigenvalue weighted by Gasteiger charge is 2.27. The molecule has 0 aromatic carbocycles.